The van der Waals surface area contributed by atoms with Gasteiger partial charge in [-0.15, -0.1) is 0 Å². The second-order valence-corrected chi connectivity index (χ2v) is 7.51. The topological polar surface area (TPSA) is 53.2 Å². The second-order valence-electron chi connectivity index (χ2n) is 7.51. The Morgan fingerprint density at radius 3 is 2.74 bits per heavy atom. The molecule has 0 unspecified atom stereocenters. The van der Waals surface area contributed by atoms with Crippen molar-refractivity contribution in [3.63, 3.8) is 0 Å². The minimum absolute atomic E-state index is 0.205. The molecule has 1 saturated carbocycles. The van der Waals surface area contributed by atoms with E-state index in [-0.39, 0.29) is 11.5 Å². The van der Waals surface area contributed by atoms with Gasteiger partial charge >= 0.3 is 0 Å². The molecule has 1 aromatic rings. The lowest BCUT2D eigenvalue weighted by Crippen LogP contribution is -2.31. The van der Waals surface area contributed by atoms with Crippen LogP contribution >= 0.6 is 0 Å². The molecule has 1 aromatic carbocycles. The van der Waals surface area contributed by atoms with Gasteiger partial charge < -0.3 is 0 Å². The van der Waals surface area contributed by atoms with Crippen molar-refractivity contribution in [2.45, 2.75) is 64.3 Å². The van der Waals surface area contributed by atoms with Crippen molar-refractivity contribution >= 4 is 11.5 Å². The van der Waals surface area contributed by atoms with E-state index >= 15 is 0 Å². The predicted octanol–water partition coefficient (Wildman–Crippen LogP) is 4.22. The van der Waals surface area contributed by atoms with Crippen molar-refractivity contribution in [1.82, 2.24) is 0 Å². The molecule has 0 spiro atoms. The first-order valence-electron chi connectivity index (χ1n) is 8.63. The van der Waals surface area contributed by atoms with E-state index in [1.165, 1.54) is 19.3 Å². The second kappa shape index (κ2) is 6.28. The summed E-state index contributed by atoms with van der Waals surface area (Å²) in [7, 11) is 0. The van der Waals surface area contributed by atoms with E-state index in [4.69, 9.17) is 10.3 Å². The molecule has 0 atom stereocenters. The molecule has 0 aromatic heterocycles. The first-order valence-corrected chi connectivity index (χ1v) is 8.63. The van der Waals surface area contributed by atoms with Gasteiger partial charge in [-0.25, -0.2) is 0 Å². The highest BCUT2D eigenvalue weighted by molar-refractivity contribution is 6.13. The Hall–Kier alpha value is -1.95. The molecule has 2 aliphatic rings. The van der Waals surface area contributed by atoms with Crippen LogP contribution in [0.3, 0.4) is 0 Å². The normalized spacial score (nSPS) is 20.3. The molecule has 3 heteroatoms. The number of hydrogen-bond donors (Lipinski definition) is 0. The van der Waals surface area contributed by atoms with Gasteiger partial charge in [0.15, 0.2) is 0 Å². The van der Waals surface area contributed by atoms with Crippen LogP contribution in [-0.4, -0.2) is 17.0 Å². The van der Waals surface area contributed by atoms with E-state index in [0.29, 0.717) is 17.8 Å². The number of ketones is 1. The predicted molar refractivity (Wildman–Crippen MR) is 91.7 cm³/mol. The van der Waals surface area contributed by atoms with Crippen molar-refractivity contribution in [3.05, 3.63) is 34.9 Å². The number of nitrogens with zero attached hydrogens (tertiary/aromatic N) is 2. The van der Waals surface area contributed by atoms with Gasteiger partial charge in [-0.1, -0.05) is 25.3 Å². The van der Waals surface area contributed by atoms with Crippen LogP contribution in [0.5, 0.6) is 0 Å². The van der Waals surface area contributed by atoms with Crippen molar-refractivity contribution in [2.24, 2.45) is 10.9 Å². The molecule has 23 heavy (non-hydrogen) atoms. The average molecular weight is 308 g/mol. The highest BCUT2D eigenvalue weighted by Gasteiger charge is 2.29. The van der Waals surface area contributed by atoms with Crippen molar-refractivity contribution in [3.8, 4) is 6.07 Å². The zero-order chi connectivity index (χ0) is 16.4. The summed E-state index contributed by atoms with van der Waals surface area (Å²) in [5, 5.41) is 9.12. The SMILES string of the molecule is CC1(C)Cc2cc(C#N)ccc2C(CC(=O)C2CCCCC2)=N1. The summed E-state index contributed by atoms with van der Waals surface area (Å²) >= 11 is 0. The zero-order valence-electron chi connectivity index (χ0n) is 14.1. The molecule has 0 saturated heterocycles. The van der Waals surface area contributed by atoms with Crippen LogP contribution < -0.4 is 0 Å². The summed E-state index contributed by atoms with van der Waals surface area (Å²) in [5.41, 5.74) is 3.60. The van der Waals surface area contributed by atoms with Gasteiger partial charge in [0.1, 0.15) is 5.78 Å². The van der Waals surface area contributed by atoms with Gasteiger partial charge in [0, 0.05) is 12.3 Å². The fourth-order valence-electron chi connectivity index (χ4n) is 3.89. The Kier molecular flexibility index (Phi) is 4.35. The Bertz CT molecular complexity index is 688. The van der Waals surface area contributed by atoms with Crippen LogP contribution in [-0.2, 0) is 11.2 Å². The fourth-order valence-corrected chi connectivity index (χ4v) is 3.89. The largest absolute Gasteiger partial charge is 0.299 e. The highest BCUT2D eigenvalue weighted by atomic mass is 16.1. The van der Waals surface area contributed by atoms with E-state index in [0.717, 1.165) is 36.1 Å². The number of carbonyl (C=O) groups excluding carboxylic acids is 1. The lowest BCUT2D eigenvalue weighted by molar-refractivity contribution is -0.122. The summed E-state index contributed by atoms with van der Waals surface area (Å²) in [5.74, 6) is 0.565. The third-order valence-corrected chi connectivity index (χ3v) is 5.01. The molecule has 3 nitrogen and oxygen atoms in total. The van der Waals surface area contributed by atoms with Crippen LogP contribution in [0.2, 0.25) is 0 Å². The number of Topliss-reactive ketones (excluding diaryl/α,β-unsaturated/α-hetero) is 1. The van der Waals surface area contributed by atoms with Crippen molar-refractivity contribution in [1.29, 1.82) is 5.26 Å². The van der Waals surface area contributed by atoms with E-state index < -0.39 is 0 Å². The molecule has 1 heterocycles. The minimum atomic E-state index is -0.205. The molecule has 1 aliphatic carbocycles. The van der Waals surface area contributed by atoms with Crippen LogP contribution in [0.15, 0.2) is 23.2 Å². The summed E-state index contributed by atoms with van der Waals surface area (Å²) in [6, 6.07) is 7.96. The molecule has 120 valence electrons. The molecule has 1 fully saturated rings. The lowest BCUT2D eigenvalue weighted by atomic mass is 9.81. The molecular formula is C20H24N2O. The molecule has 1 aliphatic heterocycles. The maximum atomic E-state index is 12.7. The van der Waals surface area contributed by atoms with Crippen LogP contribution in [0.1, 0.15) is 69.1 Å². The number of aliphatic imine (C=N–C) groups is 1. The standard InChI is InChI=1S/C20H24N2O/c1-20(2)12-16-10-14(13-21)8-9-17(16)18(22-20)11-19(23)15-6-4-3-5-7-15/h8-10,15H,3-7,11-12H2,1-2H3. The van der Waals surface area contributed by atoms with Crippen LogP contribution in [0.25, 0.3) is 0 Å². The monoisotopic (exact) mass is 308 g/mol. The quantitative estimate of drug-likeness (QED) is 0.839. The van der Waals surface area contributed by atoms with Gasteiger partial charge in [0.2, 0.25) is 0 Å². The van der Waals surface area contributed by atoms with Gasteiger partial charge in [-0.2, -0.15) is 5.26 Å². The maximum absolute atomic E-state index is 12.7. The Balaban J connectivity index is 1.87. The molecule has 3 rings (SSSR count). The number of carbonyl (C=O) groups is 1. The third-order valence-electron chi connectivity index (χ3n) is 5.01. The molecular weight excluding hydrogens is 284 g/mol. The third kappa shape index (κ3) is 3.52. The lowest BCUT2D eigenvalue weighted by Gasteiger charge is -2.30. The van der Waals surface area contributed by atoms with Gasteiger partial charge in [-0.05, 0) is 56.4 Å². The number of hydrogen-bond acceptors (Lipinski definition) is 3. The summed E-state index contributed by atoms with van der Waals surface area (Å²) in [4.78, 5) is 17.5. The summed E-state index contributed by atoms with van der Waals surface area (Å²) < 4.78 is 0. The Labute approximate surface area is 138 Å². The average Bonchev–Trinajstić information content (AvgIpc) is 2.54. The number of benzene rings is 1. The van der Waals surface area contributed by atoms with Gasteiger partial charge in [0.05, 0.1) is 22.9 Å². The highest BCUT2D eigenvalue weighted by Crippen LogP contribution is 2.31. The van der Waals surface area contributed by atoms with Crippen LogP contribution in [0.4, 0.5) is 0 Å². The minimum Gasteiger partial charge on any atom is -0.299 e. The number of fused-ring (bicyclic) bond motifs is 1. The summed E-state index contributed by atoms with van der Waals surface area (Å²) in [6.45, 7) is 4.19. The summed E-state index contributed by atoms with van der Waals surface area (Å²) in [6.07, 6.45) is 6.95. The van der Waals surface area contributed by atoms with E-state index in [1.54, 1.807) is 0 Å². The van der Waals surface area contributed by atoms with E-state index in [9.17, 15) is 4.79 Å². The van der Waals surface area contributed by atoms with E-state index in [2.05, 4.69) is 19.9 Å². The Morgan fingerprint density at radius 2 is 2.04 bits per heavy atom. The number of rotatable bonds is 3. The molecule has 0 radical (unpaired) electrons. The Morgan fingerprint density at radius 1 is 1.30 bits per heavy atom. The fraction of sp³-hybridized carbons (Fsp3) is 0.550. The molecule has 0 bridgehead atoms. The maximum Gasteiger partial charge on any atom is 0.141 e. The first-order chi connectivity index (χ1) is 11.0. The smallest absolute Gasteiger partial charge is 0.141 e. The first kappa shape index (κ1) is 15.9. The van der Waals surface area contributed by atoms with Gasteiger partial charge in [-0.3, -0.25) is 9.79 Å². The number of nitriles is 1. The van der Waals surface area contributed by atoms with Crippen molar-refractivity contribution < 1.29 is 4.79 Å². The van der Waals surface area contributed by atoms with E-state index in [1.807, 2.05) is 18.2 Å². The molecule has 0 N–H and O–H groups in total. The van der Waals surface area contributed by atoms with Crippen LogP contribution in [0, 0.1) is 17.2 Å². The molecule has 0 amide bonds. The zero-order valence-corrected chi connectivity index (χ0v) is 14.1. The van der Waals surface area contributed by atoms with Crippen molar-refractivity contribution in [2.75, 3.05) is 0 Å². The van der Waals surface area contributed by atoms with Gasteiger partial charge in [0.25, 0.3) is 0 Å².